The molecule has 168 valence electrons. The summed E-state index contributed by atoms with van der Waals surface area (Å²) in [5.74, 6) is -1.19. The zero-order valence-electron chi connectivity index (χ0n) is 18.1. The van der Waals surface area contributed by atoms with Crippen molar-refractivity contribution in [3.8, 4) is 0 Å². The van der Waals surface area contributed by atoms with Gasteiger partial charge in [0, 0.05) is 22.8 Å². The number of fused-ring (bicyclic) bond motifs is 2. The number of carbonyl (C=O) groups is 2. The fourth-order valence-electron chi connectivity index (χ4n) is 3.57. The van der Waals surface area contributed by atoms with E-state index in [1.165, 1.54) is 10.5 Å². The predicted octanol–water partition coefficient (Wildman–Crippen LogP) is 3.74. The van der Waals surface area contributed by atoms with E-state index in [2.05, 4.69) is 25.9 Å². The lowest BCUT2D eigenvalue weighted by atomic mass is 10.2. The van der Waals surface area contributed by atoms with Gasteiger partial charge in [0.2, 0.25) is 0 Å². The maximum atomic E-state index is 13.2. The Bertz CT molecular complexity index is 1520. The van der Waals surface area contributed by atoms with Crippen LogP contribution in [-0.4, -0.2) is 32.4 Å². The van der Waals surface area contributed by atoms with E-state index < -0.39 is 11.9 Å². The first kappa shape index (κ1) is 22.6. The summed E-state index contributed by atoms with van der Waals surface area (Å²) in [7, 11) is 0. The number of esters is 1. The molecule has 3 heterocycles. The molecule has 0 atom stereocenters. The van der Waals surface area contributed by atoms with Crippen LogP contribution in [0.4, 0.5) is 0 Å². The van der Waals surface area contributed by atoms with Crippen molar-refractivity contribution in [2.75, 3.05) is 6.61 Å². The van der Waals surface area contributed by atoms with Crippen molar-refractivity contribution >= 4 is 44.5 Å². The Labute approximate surface area is 197 Å². The van der Waals surface area contributed by atoms with Crippen LogP contribution in [0.3, 0.4) is 0 Å². The minimum absolute atomic E-state index is 0.0379. The Balaban J connectivity index is 2.12. The number of nitrogens with zero attached hydrogens (tertiary/aromatic N) is 4. The Kier molecular flexibility index (Phi) is 6.50. The normalized spacial score (nSPS) is 11.8. The SMILES string of the molecule is CCCn1c(=NC(=O)c2cccc(Br)c2)c(C(=O)OCC)cc2c(=O)n3ccccc3nc21. The first-order valence-electron chi connectivity index (χ1n) is 10.5. The van der Waals surface area contributed by atoms with Crippen molar-refractivity contribution in [2.45, 2.75) is 26.8 Å². The maximum Gasteiger partial charge on any atom is 0.341 e. The molecule has 0 bridgehead atoms. The summed E-state index contributed by atoms with van der Waals surface area (Å²) in [4.78, 5) is 48.1. The van der Waals surface area contributed by atoms with E-state index in [4.69, 9.17) is 4.74 Å². The average molecular weight is 509 g/mol. The fraction of sp³-hybridized carbons (Fsp3) is 0.208. The van der Waals surface area contributed by atoms with Crippen LogP contribution in [0.2, 0.25) is 0 Å². The molecule has 0 aliphatic carbocycles. The van der Waals surface area contributed by atoms with E-state index >= 15 is 0 Å². The molecule has 0 fully saturated rings. The van der Waals surface area contributed by atoms with Crippen LogP contribution in [0.25, 0.3) is 16.7 Å². The molecule has 4 rings (SSSR count). The maximum absolute atomic E-state index is 13.2. The number of pyridine rings is 2. The molecular formula is C24H21BrN4O4. The van der Waals surface area contributed by atoms with Crippen molar-refractivity contribution in [3.63, 3.8) is 0 Å². The van der Waals surface area contributed by atoms with Gasteiger partial charge in [0.1, 0.15) is 16.9 Å². The van der Waals surface area contributed by atoms with Gasteiger partial charge in [-0.05, 0) is 49.7 Å². The third kappa shape index (κ3) is 4.36. The van der Waals surface area contributed by atoms with Crippen LogP contribution in [-0.2, 0) is 11.3 Å². The number of ether oxygens (including phenoxy) is 1. The van der Waals surface area contributed by atoms with Gasteiger partial charge < -0.3 is 9.30 Å². The second kappa shape index (κ2) is 9.50. The zero-order valence-corrected chi connectivity index (χ0v) is 19.7. The molecule has 0 aliphatic heterocycles. The van der Waals surface area contributed by atoms with Crippen LogP contribution in [0.1, 0.15) is 41.0 Å². The average Bonchev–Trinajstić information content (AvgIpc) is 2.81. The molecular weight excluding hydrogens is 488 g/mol. The monoisotopic (exact) mass is 508 g/mol. The molecule has 1 amide bonds. The molecule has 4 aromatic rings. The largest absolute Gasteiger partial charge is 0.462 e. The van der Waals surface area contributed by atoms with Crippen molar-refractivity contribution < 1.29 is 14.3 Å². The topological polar surface area (TPSA) is 95.0 Å². The van der Waals surface area contributed by atoms with E-state index in [1.54, 1.807) is 60.2 Å². The number of aromatic nitrogens is 3. The molecule has 33 heavy (non-hydrogen) atoms. The lowest BCUT2D eigenvalue weighted by molar-refractivity contribution is 0.0523. The van der Waals surface area contributed by atoms with Crippen molar-refractivity contribution in [3.05, 3.63) is 86.2 Å². The second-order valence-electron chi connectivity index (χ2n) is 7.26. The molecule has 9 heteroatoms. The molecule has 0 unspecified atom stereocenters. The van der Waals surface area contributed by atoms with E-state index in [9.17, 15) is 14.4 Å². The summed E-state index contributed by atoms with van der Waals surface area (Å²) in [6, 6.07) is 13.5. The zero-order chi connectivity index (χ0) is 23.5. The second-order valence-corrected chi connectivity index (χ2v) is 8.18. The van der Waals surface area contributed by atoms with Gasteiger partial charge in [-0.2, -0.15) is 4.99 Å². The Morgan fingerprint density at radius 3 is 2.67 bits per heavy atom. The lowest BCUT2D eigenvalue weighted by Gasteiger charge is -2.14. The van der Waals surface area contributed by atoms with Crippen molar-refractivity contribution in [1.82, 2.24) is 14.0 Å². The molecule has 0 radical (unpaired) electrons. The summed E-state index contributed by atoms with van der Waals surface area (Å²) in [5, 5.41) is 0.240. The summed E-state index contributed by atoms with van der Waals surface area (Å²) in [5.41, 5.74) is 0.982. The minimum Gasteiger partial charge on any atom is -0.462 e. The Morgan fingerprint density at radius 2 is 1.94 bits per heavy atom. The first-order chi connectivity index (χ1) is 15.9. The number of amides is 1. The van der Waals surface area contributed by atoms with Crippen LogP contribution >= 0.6 is 15.9 Å². The van der Waals surface area contributed by atoms with E-state index in [0.717, 1.165) is 4.47 Å². The van der Waals surface area contributed by atoms with E-state index in [1.807, 2.05) is 6.92 Å². The summed E-state index contributed by atoms with van der Waals surface area (Å²) < 4.78 is 9.01. The highest BCUT2D eigenvalue weighted by molar-refractivity contribution is 9.10. The van der Waals surface area contributed by atoms with Gasteiger partial charge in [-0.1, -0.05) is 35.0 Å². The van der Waals surface area contributed by atoms with Crippen molar-refractivity contribution in [1.29, 1.82) is 0 Å². The molecule has 0 N–H and O–H groups in total. The summed E-state index contributed by atoms with van der Waals surface area (Å²) in [6.45, 7) is 4.17. The Hall–Kier alpha value is -3.59. The Morgan fingerprint density at radius 1 is 1.12 bits per heavy atom. The minimum atomic E-state index is -0.664. The number of hydrogen-bond acceptors (Lipinski definition) is 5. The number of aryl methyl sites for hydroxylation is 1. The van der Waals surface area contributed by atoms with Gasteiger partial charge in [-0.15, -0.1) is 0 Å². The molecule has 8 nitrogen and oxygen atoms in total. The van der Waals surface area contributed by atoms with Gasteiger partial charge in [0.05, 0.1) is 12.0 Å². The fourth-order valence-corrected chi connectivity index (χ4v) is 3.97. The summed E-state index contributed by atoms with van der Waals surface area (Å²) >= 11 is 3.36. The molecule has 0 aliphatic rings. The highest BCUT2D eigenvalue weighted by Crippen LogP contribution is 2.14. The first-order valence-corrected chi connectivity index (χ1v) is 11.3. The molecule has 1 aromatic carbocycles. The molecule has 0 saturated carbocycles. The van der Waals surface area contributed by atoms with Gasteiger partial charge in [0.25, 0.3) is 11.5 Å². The van der Waals surface area contributed by atoms with Crippen molar-refractivity contribution in [2.24, 2.45) is 4.99 Å². The molecule has 0 spiro atoms. The highest BCUT2D eigenvalue weighted by atomic mass is 79.9. The number of carbonyl (C=O) groups excluding carboxylic acids is 2. The van der Waals surface area contributed by atoms with Gasteiger partial charge in [-0.3, -0.25) is 14.0 Å². The van der Waals surface area contributed by atoms with Gasteiger partial charge in [-0.25, -0.2) is 9.78 Å². The van der Waals surface area contributed by atoms with Crippen LogP contribution in [0.15, 0.2) is 69.0 Å². The molecule has 0 saturated heterocycles. The third-order valence-corrected chi connectivity index (χ3v) is 5.50. The number of benzene rings is 1. The standard InChI is InChI=1S/C24H21BrN4O4/c1-3-11-29-20-17(23(31)28-12-6-5-10-19(28)26-20)14-18(24(32)33-4-2)21(29)27-22(30)15-8-7-9-16(25)13-15/h5-10,12-14H,3-4,11H2,1-2H3. The number of hydrogen-bond donors (Lipinski definition) is 0. The predicted molar refractivity (Wildman–Crippen MR) is 127 cm³/mol. The highest BCUT2D eigenvalue weighted by Gasteiger charge is 2.20. The van der Waals surface area contributed by atoms with Gasteiger partial charge in [0.15, 0.2) is 5.49 Å². The van der Waals surface area contributed by atoms with Crippen LogP contribution < -0.4 is 11.0 Å². The van der Waals surface area contributed by atoms with E-state index in [0.29, 0.717) is 29.8 Å². The number of halogens is 1. The quantitative estimate of drug-likeness (QED) is 0.302. The smallest absolute Gasteiger partial charge is 0.341 e. The van der Waals surface area contributed by atoms with Gasteiger partial charge >= 0.3 is 5.97 Å². The summed E-state index contributed by atoms with van der Waals surface area (Å²) in [6.07, 6.45) is 2.28. The van der Waals surface area contributed by atoms with Crippen LogP contribution in [0.5, 0.6) is 0 Å². The molecule has 3 aromatic heterocycles. The van der Waals surface area contributed by atoms with E-state index in [-0.39, 0.29) is 28.6 Å². The van der Waals surface area contributed by atoms with Crippen LogP contribution in [0, 0.1) is 0 Å². The lowest BCUT2D eigenvalue weighted by Crippen LogP contribution is -2.32. The third-order valence-electron chi connectivity index (χ3n) is 5.01. The number of rotatable bonds is 5.